The molecular weight excluding hydrogens is 793 g/mol. The van der Waals surface area contributed by atoms with Crippen LogP contribution in [0.25, 0.3) is 0 Å². The molecule has 0 aromatic heterocycles. The van der Waals surface area contributed by atoms with Gasteiger partial charge in [0.15, 0.2) is 6.10 Å². The van der Waals surface area contributed by atoms with E-state index in [1.54, 1.807) is 0 Å². The number of rotatable bonds is 51. The van der Waals surface area contributed by atoms with Gasteiger partial charge in [-0.1, -0.05) is 237 Å². The van der Waals surface area contributed by atoms with E-state index in [-0.39, 0.29) is 31.1 Å². The van der Waals surface area contributed by atoms with Crippen molar-refractivity contribution in [3.63, 3.8) is 0 Å². The lowest BCUT2D eigenvalue weighted by molar-refractivity contribution is -0.167. The lowest BCUT2D eigenvalue weighted by Crippen LogP contribution is -2.30. The third-order valence-electron chi connectivity index (χ3n) is 12.4. The second-order valence-electron chi connectivity index (χ2n) is 18.8. The average Bonchev–Trinajstić information content (AvgIpc) is 3.29. The fraction of sp³-hybridized carbons (Fsp3) is 0.845. The minimum absolute atomic E-state index is 0.0726. The van der Waals surface area contributed by atoms with Gasteiger partial charge in [-0.2, -0.15) is 0 Å². The molecule has 0 fully saturated rings. The third kappa shape index (κ3) is 50.6. The summed E-state index contributed by atoms with van der Waals surface area (Å²) in [5.41, 5.74) is 0. The largest absolute Gasteiger partial charge is 0.462 e. The molecule has 1 atom stereocenters. The van der Waals surface area contributed by atoms with Gasteiger partial charge in [0.1, 0.15) is 13.2 Å². The van der Waals surface area contributed by atoms with E-state index in [2.05, 4.69) is 57.2 Å². The van der Waals surface area contributed by atoms with E-state index in [1.165, 1.54) is 193 Å². The van der Waals surface area contributed by atoms with Crippen LogP contribution in [0.15, 0.2) is 36.5 Å². The monoisotopic (exact) mass is 899 g/mol. The van der Waals surface area contributed by atoms with Gasteiger partial charge in [0, 0.05) is 19.3 Å². The maximum atomic E-state index is 12.8. The summed E-state index contributed by atoms with van der Waals surface area (Å²) in [5.74, 6) is -0.876. The summed E-state index contributed by atoms with van der Waals surface area (Å²) in [7, 11) is 0. The fourth-order valence-electron chi connectivity index (χ4n) is 8.12. The summed E-state index contributed by atoms with van der Waals surface area (Å²) < 4.78 is 16.7. The minimum Gasteiger partial charge on any atom is -0.462 e. The molecule has 0 aromatic rings. The van der Waals surface area contributed by atoms with Crippen molar-refractivity contribution in [2.24, 2.45) is 0 Å². The minimum atomic E-state index is -0.770. The van der Waals surface area contributed by atoms with Gasteiger partial charge in [0.25, 0.3) is 0 Å². The predicted molar refractivity (Wildman–Crippen MR) is 275 cm³/mol. The summed E-state index contributed by atoms with van der Waals surface area (Å²) in [4.78, 5) is 37.8. The number of carbonyl (C=O) groups excluding carboxylic acids is 3. The SMILES string of the molecule is CCCCCCC/C=C\C/C=C\CCCCCCCCCCCC(=O)OCC(COC(=O)CCCCCCCC)OC(=O)CCCCCCCCCCC/C=C\CCCCCCCC. The highest BCUT2D eigenvalue weighted by Gasteiger charge is 2.19. The molecule has 6 heteroatoms. The van der Waals surface area contributed by atoms with Crippen molar-refractivity contribution in [1.29, 1.82) is 0 Å². The Hall–Kier alpha value is -2.37. The van der Waals surface area contributed by atoms with E-state index in [1.807, 2.05) is 0 Å². The average molecular weight is 899 g/mol. The molecule has 0 saturated heterocycles. The Labute approximate surface area is 397 Å². The van der Waals surface area contributed by atoms with Gasteiger partial charge >= 0.3 is 17.9 Å². The zero-order valence-electron chi connectivity index (χ0n) is 42.8. The molecular formula is C58H106O6. The number of carbonyl (C=O) groups is 3. The number of hydrogen-bond donors (Lipinski definition) is 0. The Morgan fingerprint density at radius 3 is 0.875 bits per heavy atom. The highest BCUT2D eigenvalue weighted by atomic mass is 16.6. The Morgan fingerprint density at radius 2 is 0.562 bits per heavy atom. The van der Waals surface area contributed by atoms with Crippen LogP contribution in [0.5, 0.6) is 0 Å². The van der Waals surface area contributed by atoms with Gasteiger partial charge in [-0.3, -0.25) is 14.4 Å². The van der Waals surface area contributed by atoms with Crippen LogP contribution in [0.1, 0.15) is 297 Å². The van der Waals surface area contributed by atoms with Gasteiger partial charge in [-0.05, 0) is 77.0 Å². The van der Waals surface area contributed by atoms with Crippen molar-refractivity contribution in [3.8, 4) is 0 Å². The van der Waals surface area contributed by atoms with Gasteiger partial charge < -0.3 is 14.2 Å². The molecule has 6 nitrogen and oxygen atoms in total. The van der Waals surface area contributed by atoms with Gasteiger partial charge in [-0.15, -0.1) is 0 Å². The number of esters is 3. The number of unbranched alkanes of at least 4 members (excludes halogenated alkanes) is 34. The Morgan fingerprint density at radius 1 is 0.312 bits per heavy atom. The van der Waals surface area contributed by atoms with Crippen molar-refractivity contribution >= 4 is 17.9 Å². The molecule has 0 N–H and O–H groups in total. The smallest absolute Gasteiger partial charge is 0.306 e. The molecule has 0 aliphatic carbocycles. The second kappa shape index (κ2) is 53.2. The quantitative estimate of drug-likeness (QED) is 0.0262. The molecule has 0 amide bonds. The lowest BCUT2D eigenvalue weighted by Gasteiger charge is -2.18. The van der Waals surface area contributed by atoms with E-state index in [0.29, 0.717) is 19.3 Å². The molecule has 0 radical (unpaired) electrons. The van der Waals surface area contributed by atoms with Crippen molar-refractivity contribution in [2.45, 2.75) is 303 Å². The summed E-state index contributed by atoms with van der Waals surface area (Å²) in [6.45, 7) is 6.59. The van der Waals surface area contributed by atoms with E-state index in [9.17, 15) is 14.4 Å². The third-order valence-corrected chi connectivity index (χ3v) is 12.4. The van der Waals surface area contributed by atoms with E-state index < -0.39 is 6.10 Å². The van der Waals surface area contributed by atoms with Crippen molar-refractivity contribution in [1.82, 2.24) is 0 Å². The molecule has 0 saturated carbocycles. The Kier molecular flexibility index (Phi) is 51.3. The summed E-state index contributed by atoms with van der Waals surface area (Å²) in [5, 5.41) is 0. The normalized spacial score (nSPS) is 12.2. The molecule has 0 bridgehead atoms. The van der Waals surface area contributed by atoms with E-state index in [4.69, 9.17) is 14.2 Å². The van der Waals surface area contributed by atoms with Crippen LogP contribution in [-0.4, -0.2) is 37.2 Å². The first-order valence-electron chi connectivity index (χ1n) is 28.0. The van der Waals surface area contributed by atoms with Crippen molar-refractivity contribution in [3.05, 3.63) is 36.5 Å². The van der Waals surface area contributed by atoms with Crippen LogP contribution in [0.3, 0.4) is 0 Å². The van der Waals surface area contributed by atoms with Crippen molar-refractivity contribution < 1.29 is 28.6 Å². The van der Waals surface area contributed by atoms with Crippen LogP contribution in [0.4, 0.5) is 0 Å². The molecule has 374 valence electrons. The first-order chi connectivity index (χ1) is 31.5. The summed E-state index contributed by atoms with van der Waals surface area (Å²) >= 11 is 0. The van der Waals surface area contributed by atoms with Crippen LogP contribution < -0.4 is 0 Å². The maximum Gasteiger partial charge on any atom is 0.306 e. The number of hydrogen-bond acceptors (Lipinski definition) is 6. The molecule has 0 aliphatic rings. The predicted octanol–water partition coefficient (Wildman–Crippen LogP) is 18.5. The fourth-order valence-corrected chi connectivity index (χ4v) is 8.12. The van der Waals surface area contributed by atoms with E-state index in [0.717, 1.165) is 64.2 Å². The van der Waals surface area contributed by atoms with E-state index >= 15 is 0 Å². The number of ether oxygens (including phenoxy) is 3. The second-order valence-corrected chi connectivity index (χ2v) is 18.8. The van der Waals surface area contributed by atoms with Gasteiger partial charge in [0.2, 0.25) is 0 Å². The summed E-state index contributed by atoms with van der Waals surface area (Å²) in [6.07, 6.45) is 63.0. The van der Waals surface area contributed by atoms with Crippen LogP contribution >= 0.6 is 0 Å². The molecule has 1 unspecified atom stereocenters. The highest BCUT2D eigenvalue weighted by Crippen LogP contribution is 2.16. The molecule has 0 rings (SSSR count). The number of allylic oxidation sites excluding steroid dienone is 6. The first kappa shape index (κ1) is 61.6. The molecule has 0 aliphatic heterocycles. The van der Waals surface area contributed by atoms with Crippen LogP contribution in [0.2, 0.25) is 0 Å². The molecule has 0 spiro atoms. The molecule has 0 aromatic carbocycles. The standard InChI is InChI=1S/C58H106O6/c1-4-7-10-13-16-18-20-22-24-26-28-29-31-32-34-36-38-40-42-45-48-51-57(60)63-54-55(53-62-56(59)50-47-44-15-12-9-6-3)64-58(61)52-49-46-43-41-39-37-35-33-30-27-25-23-21-19-17-14-11-8-5-2/h20,22-23,25-26,28,55H,4-19,21,24,27,29-54H2,1-3H3/b22-20-,25-23-,28-26-. The highest BCUT2D eigenvalue weighted by molar-refractivity contribution is 5.71. The Bertz CT molecular complexity index is 1080. The van der Waals surface area contributed by atoms with Gasteiger partial charge in [-0.25, -0.2) is 0 Å². The zero-order valence-corrected chi connectivity index (χ0v) is 42.8. The molecule has 64 heavy (non-hydrogen) atoms. The first-order valence-corrected chi connectivity index (χ1v) is 28.0. The van der Waals surface area contributed by atoms with Crippen molar-refractivity contribution in [2.75, 3.05) is 13.2 Å². The lowest BCUT2D eigenvalue weighted by atomic mass is 10.1. The maximum absolute atomic E-state index is 12.8. The summed E-state index contributed by atoms with van der Waals surface area (Å²) in [6, 6.07) is 0. The molecule has 0 heterocycles. The van der Waals surface area contributed by atoms with Gasteiger partial charge in [0.05, 0.1) is 0 Å². The Balaban J connectivity index is 4.15. The zero-order chi connectivity index (χ0) is 46.5. The van der Waals surface area contributed by atoms with Crippen LogP contribution in [0, 0.1) is 0 Å². The topological polar surface area (TPSA) is 78.9 Å². The van der Waals surface area contributed by atoms with Crippen LogP contribution in [-0.2, 0) is 28.6 Å².